The first kappa shape index (κ1) is 12.9. The third-order valence-electron chi connectivity index (χ3n) is 3.05. The Kier molecular flexibility index (Phi) is 5.02. The summed E-state index contributed by atoms with van der Waals surface area (Å²) in [4.78, 5) is 0. The van der Waals surface area contributed by atoms with E-state index in [2.05, 4.69) is 0 Å². The number of ether oxygens (including phenoxy) is 1. The Balaban J connectivity index is 2.54. The molecule has 0 aromatic rings. The number of methoxy groups -OCH3 is 1. The Morgan fingerprint density at radius 2 is 2.13 bits per heavy atom. The first-order chi connectivity index (χ1) is 7.10. The van der Waals surface area contributed by atoms with Gasteiger partial charge in [0.2, 0.25) is 0 Å². The van der Waals surface area contributed by atoms with Crippen molar-refractivity contribution in [3.8, 4) is 0 Å². The highest BCUT2D eigenvalue weighted by Gasteiger charge is 2.31. The van der Waals surface area contributed by atoms with Crippen LogP contribution in [0.1, 0.15) is 32.1 Å². The fraction of sp³-hybridized carbons (Fsp3) is 1.00. The largest absolute Gasteiger partial charge is 0.381 e. The first-order valence-electron chi connectivity index (χ1n) is 5.54. The molecule has 0 heterocycles. The van der Waals surface area contributed by atoms with Gasteiger partial charge < -0.3 is 10.5 Å². The number of hydrogen-bond acceptors (Lipinski definition) is 4. The third-order valence-corrected chi connectivity index (χ3v) is 5.35. The summed E-state index contributed by atoms with van der Waals surface area (Å²) < 4.78 is 29.0. The van der Waals surface area contributed by atoms with Crippen LogP contribution in [0, 0.1) is 0 Å². The molecule has 1 aliphatic carbocycles. The van der Waals surface area contributed by atoms with E-state index < -0.39 is 9.84 Å². The molecule has 0 aromatic carbocycles. The summed E-state index contributed by atoms with van der Waals surface area (Å²) in [6.07, 6.45) is 4.06. The van der Waals surface area contributed by atoms with Gasteiger partial charge in [-0.25, -0.2) is 8.42 Å². The van der Waals surface area contributed by atoms with Gasteiger partial charge in [-0.05, 0) is 38.6 Å². The predicted octanol–water partition coefficient (Wildman–Crippen LogP) is 0.708. The topological polar surface area (TPSA) is 69.4 Å². The zero-order valence-electron chi connectivity index (χ0n) is 9.31. The van der Waals surface area contributed by atoms with E-state index in [9.17, 15) is 8.42 Å². The second kappa shape index (κ2) is 5.82. The van der Waals surface area contributed by atoms with Crippen LogP contribution in [0.2, 0.25) is 0 Å². The van der Waals surface area contributed by atoms with Crippen molar-refractivity contribution in [2.75, 3.05) is 19.4 Å². The van der Waals surface area contributed by atoms with Crippen LogP contribution in [0.4, 0.5) is 0 Å². The van der Waals surface area contributed by atoms with E-state index in [4.69, 9.17) is 10.5 Å². The van der Waals surface area contributed by atoms with E-state index in [0.717, 1.165) is 19.3 Å². The maximum absolute atomic E-state index is 11.9. The summed E-state index contributed by atoms with van der Waals surface area (Å²) in [5.74, 6) is 0.227. The lowest BCUT2D eigenvalue weighted by molar-refractivity contribution is 0.0720. The lowest BCUT2D eigenvalue weighted by Gasteiger charge is -2.27. The van der Waals surface area contributed by atoms with Gasteiger partial charge in [-0.15, -0.1) is 0 Å². The van der Waals surface area contributed by atoms with E-state index in [1.165, 1.54) is 0 Å². The van der Waals surface area contributed by atoms with Crippen LogP contribution in [0.15, 0.2) is 0 Å². The molecule has 0 saturated heterocycles. The summed E-state index contributed by atoms with van der Waals surface area (Å²) in [7, 11) is -1.30. The summed E-state index contributed by atoms with van der Waals surface area (Å²) in [5.41, 5.74) is 5.33. The molecule has 90 valence electrons. The van der Waals surface area contributed by atoms with Crippen LogP contribution < -0.4 is 5.73 Å². The standard InChI is InChI=1S/C10H21NO3S/c1-14-9-4-2-5-10(8-9)15(12,13)7-3-6-11/h9-10H,2-8,11H2,1H3. The Bertz CT molecular complexity index is 276. The highest BCUT2D eigenvalue weighted by molar-refractivity contribution is 7.92. The van der Waals surface area contributed by atoms with E-state index >= 15 is 0 Å². The molecule has 4 nitrogen and oxygen atoms in total. The minimum atomic E-state index is -2.95. The second-order valence-corrected chi connectivity index (χ2v) is 6.56. The van der Waals surface area contributed by atoms with Crippen LogP contribution in [0.25, 0.3) is 0 Å². The van der Waals surface area contributed by atoms with Crippen LogP contribution in [0.3, 0.4) is 0 Å². The number of rotatable bonds is 5. The number of hydrogen-bond donors (Lipinski definition) is 1. The zero-order chi connectivity index (χ0) is 11.3. The molecule has 5 heteroatoms. The lowest BCUT2D eigenvalue weighted by atomic mass is 9.97. The molecule has 1 saturated carbocycles. The molecule has 0 spiro atoms. The fourth-order valence-corrected chi connectivity index (χ4v) is 4.03. The van der Waals surface area contributed by atoms with Crippen molar-refractivity contribution in [2.24, 2.45) is 5.73 Å². The molecular formula is C10H21NO3S. The van der Waals surface area contributed by atoms with Crippen molar-refractivity contribution < 1.29 is 13.2 Å². The van der Waals surface area contributed by atoms with Crippen LogP contribution in [-0.2, 0) is 14.6 Å². The molecule has 0 amide bonds. The Morgan fingerprint density at radius 3 is 2.73 bits per heavy atom. The van der Waals surface area contributed by atoms with Gasteiger partial charge in [0.15, 0.2) is 9.84 Å². The molecule has 0 radical (unpaired) electrons. The van der Waals surface area contributed by atoms with Crippen LogP contribution in [-0.4, -0.2) is 39.2 Å². The van der Waals surface area contributed by atoms with Gasteiger partial charge in [0, 0.05) is 7.11 Å². The summed E-state index contributed by atoms with van der Waals surface area (Å²) in [5, 5.41) is -0.206. The zero-order valence-corrected chi connectivity index (χ0v) is 10.1. The lowest BCUT2D eigenvalue weighted by Crippen LogP contribution is -2.33. The van der Waals surface area contributed by atoms with E-state index in [1.54, 1.807) is 7.11 Å². The minimum absolute atomic E-state index is 0.122. The van der Waals surface area contributed by atoms with Crippen molar-refractivity contribution in [1.29, 1.82) is 0 Å². The second-order valence-electron chi connectivity index (χ2n) is 4.16. The Morgan fingerprint density at radius 1 is 1.40 bits per heavy atom. The van der Waals surface area contributed by atoms with Gasteiger partial charge in [-0.3, -0.25) is 0 Å². The average Bonchev–Trinajstić information content (AvgIpc) is 2.26. The average molecular weight is 235 g/mol. The number of nitrogens with two attached hydrogens (primary N) is 1. The van der Waals surface area contributed by atoms with Crippen molar-refractivity contribution in [3.63, 3.8) is 0 Å². The van der Waals surface area contributed by atoms with E-state index in [0.29, 0.717) is 19.4 Å². The SMILES string of the molecule is COC1CCCC(S(=O)(=O)CCCN)C1. The monoisotopic (exact) mass is 235 g/mol. The maximum Gasteiger partial charge on any atom is 0.153 e. The van der Waals surface area contributed by atoms with Gasteiger partial charge in [0.25, 0.3) is 0 Å². The van der Waals surface area contributed by atoms with Crippen molar-refractivity contribution in [2.45, 2.75) is 43.5 Å². The minimum Gasteiger partial charge on any atom is -0.381 e. The molecule has 15 heavy (non-hydrogen) atoms. The van der Waals surface area contributed by atoms with Crippen LogP contribution >= 0.6 is 0 Å². The predicted molar refractivity (Wildman–Crippen MR) is 60.5 cm³/mol. The van der Waals surface area contributed by atoms with Gasteiger partial charge in [0.05, 0.1) is 17.1 Å². The molecule has 2 atom stereocenters. The third kappa shape index (κ3) is 3.74. The molecule has 1 rings (SSSR count). The molecule has 0 bridgehead atoms. The van der Waals surface area contributed by atoms with Crippen molar-refractivity contribution in [3.05, 3.63) is 0 Å². The first-order valence-corrected chi connectivity index (χ1v) is 7.26. The summed E-state index contributed by atoms with van der Waals surface area (Å²) in [6.45, 7) is 0.444. The normalized spacial score (nSPS) is 27.9. The number of sulfone groups is 1. The molecule has 0 aliphatic heterocycles. The highest BCUT2D eigenvalue weighted by atomic mass is 32.2. The van der Waals surface area contributed by atoms with Gasteiger partial charge in [-0.1, -0.05) is 0 Å². The molecule has 2 N–H and O–H groups in total. The molecule has 2 unspecified atom stereocenters. The van der Waals surface area contributed by atoms with Gasteiger partial charge in [-0.2, -0.15) is 0 Å². The smallest absolute Gasteiger partial charge is 0.153 e. The molecule has 1 fully saturated rings. The quantitative estimate of drug-likeness (QED) is 0.762. The molecule has 1 aliphatic rings. The Hall–Kier alpha value is -0.130. The van der Waals surface area contributed by atoms with E-state index in [1.807, 2.05) is 0 Å². The summed E-state index contributed by atoms with van der Waals surface area (Å²) in [6, 6.07) is 0. The van der Waals surface area contributed by atoms with Crippen molar-refractivity contribution >= 4 is 9.84 Å². The summed E-state index contributed by atoms with van der Waals surface area (Å²) >= 11 is 0. The molecule has 0 aromatic heterocycles. The van der Waals surface area contributed by atoms with Gasteiger partial charge >= 0.3 is 0 Å². The van der Waals surface area contributed by atoms with Crippen molar-refractivity contribution in [1.82, 2.24) is 0 Å². The Labute approximate surface area is 92.1 Å². The highest BCUT2D eigenvalue weighted by Crippen LogP contribution is 2.26. The van der Waals surface area contributed by atoms with E-state index in [-0.39, 0.29) is 17.1 Å². The van der Waals surface area contributed by atoms with Crippen LogP contribution in [0.5, 0.6) is 0 Å². The fourth-order valence-electron chi connectivity index (χ4n) is 2.09. The van der Waals surface area contributed by atoms with Gasteiger partial charge in [0.1, 0.15) is 0 Å². The molecular weight excluding hydrogens is 214 g/mol. The maximum atomic E-state index is 11.9.